The molecule has 2 fully saturated rings. The molecule has 0 radical (unpaired) electrons. The number of benzene rings is 1. The van der Waals surface area contributed by atoms with Gasteiger partial charge < -0.3 is 4.90 Å². The maximum atomic E-state index is 9.20. The van der Waals surface area contributed by atoms with E-state index in [9.17, 15) is 5.26 Å². The average molecular weight is 282 g/mol. The van der Waals surface area contributed by atoms with E-state index in [-0.39, 0.29) is 0 Å². The second-order valence-corrected chi connectivity index (χ2v) is 7.19. The lowest BCUT2D eigenvalue weighted by Gasteiger charge is -2.39. The average Bonchev–Trinajstić information content (AvgIpc) is 3.29. The van der Waals surface area contributed by atoms with Gasteiger partial charge in [0.2, 0.25) is 0 Å². The molecule has 2 atom stereocenters. The lowest BCUT2D eigenvalue weighted by molar-refractivity contribution is 0.112. The van der Waals surface area contributed by atoms with Gasteiger partial charge in [-0.15, -0.1) is 0 Å². The van der Waals surface area contributed by atoms with Gasteiger partial charge in [-0.05, 0) is 75.1 Å². The third-order valence-electron chi connectivity index (χ3n) is 5.70. The zero-order chi connectivity index (χ0) is 14.7. The van der Waals surface area contributed by atoms with Gasteiger partial charge in [-0.25, -0.2) is 0 Å². The number of likely N-dealkylation sites (tertiary alicyclic amines) is 1. The van der Waals surface area contributed by atoms with Crippen molar-refractivity contribution in [2.45, 2.75) is 44.4 Å². The normalized spacial score (nSPS) is 28.0. The van der Waals surface area contributed by atoms with Crippen molar-refractivity contribution in [3.63, 3.8) is 0 Å². The molecule has 0 bridgehead atoms. The highest BCUT2D eigenvalue weighted by Gasteiger charge is 2.41. The Hall–Kier alpha value is -1.33. The van der Waals surface area contributed by atoms with Crippen LogP contribution in [0.3, 0.4) is 0 Å². The van der Waals surface area contributed by atoms with E-state index in [1.807, 2.05) is 0 Å². The van der Waals surface area contributed by atoms with Gasteiger partial charge in [0.25, 0.3) is 0 Å². The van der Waals surface area contributed by atoms with E-state index >= 15 is 0 Å². The first-order valence-electron chi connectivity index (χ1n) is 8.33. The highest BCUT2D eigenvalue weighted by molar-refractivity contribution is 5.25. The fourth-order valence-electron chi connectivity index (χ4n) is 3.94. The first-order valence-corrected chi connectivity index (χ1v) is 8.33. The fraction of sp³-hybridized carbons (Fsp3) is 0.632. The molecule has 1 aromatic rings. The molecular formula is C19H26N2. The summed E-state index contributed by atoms with van der Waals surface area (Å²) in [6.45, 7) is 2.32. The zero-order valence-corrected chi connectivity index (χ0v) is 13.1. The number of piperidine rings is 1. The molecule has 1 aliphatic heterocycles. The molecular weight excluding hydrogens is 256 g/mol. The summed E-state index contributed by atoms with van der Waals surface area (Å²) in [6, 6.07) is 13.4. The van der Waals surface area contributed by atoms with E-state index in [0.717, 1.165) is 31.3 Å². The van der Waals surface area contributed by atoms with Crippen LogP contribution in [0.1, 0.15) is 50.0 Å². The maximum Gasteiger partial charge on any atom is 0.0627 e. The van der Waals surface area contributed by atoms with Gasteiger partial charge in [-0.2, -0.15) is 5.26 Å². The van der Waals surface area contributed by atoms with Crippen LogP contribution in [0.2, 0.25) is 0 Å². The number of nitrogens with zero attached hydrogens (tertiary/aromatic N) is 2. The Labute approximate surface area is 128 Å². The first kappa shape index (κ1) is 14.6. The van der Waals surface area contributed by atoms with Crippen molar-refractivity contribution >= 4 is 0 Å². The summed E-state index contributed by atoms with van der Waals surface area (Å²) in [4.78, 5) is 2.40. The predicted octanol–water partition coefficient (Wildman–Crippen LogP) is 4.20. The van der Waals surface area contributed by atoms with E-state index in [2.05, 4.69) is 48.3 Å². The van der Waals surface area contributed by atoms with Crippen molar-refractivity contribution in [2.24, 2.45) is 11.3 Å². The standard InChI is InChI=1S/C19H26N2/c1-21-13-10-19(9-12-20,11-14-21)8-7-17-15-18(17)16-5-3-2-4-6-16/h2-6,17-18H,7-11,13-15H2,1H3. The highest BCUT2D eigenvalue weighted by Crippen LogP contribution is 2.52. The zero-order valence-electron chi connectivity index (χ0n) is 13.1. The van der Waals surface area contributed by atoms with Crippen LogP contribution in [0.4, 0.5) is 0 Å². The minimum Gasteiger partial charge on any atom is -0.306 e. The van der Waals surface area contributed by atoms with Crippen LogP contribution in [0.25, 0.3) is 0 Å². The van der Waals surface area contributed by atoms with Crippen LogP contribution in [-0.4, -0.2) is 25.0 Å². The topological polar surface area (TPSA) is 27.0 Å². The van der Waals surface area contributed by atoms with E-state index in [1.54, 1.807) is 0 Å². The van der Waals surface area contributed by atoms with Crippen LogP contribution in [0.5, 0.6) is 0 Å². The van der Waals surface area contributed by atoms with E-state index in [1.165, 1.54) is 37.7 Å². The lowest BCUT2D eigenvalue weighted by atomic mass is 9.72. The van der Waals surface area contributed by atoms with Crippen molar-refractivity contribution < 1.29 is 0 Å². The molecule has 3 rings (SSSR count). The van der Waals surface area contributed by atoms with Crippen LogP contribution >= 0.6 is 0 Å². The smallest absolute Gasteiger partial charge is 0.0627 e. The molecule has 1 saturated heterocycles. The van der Waals surface area contributed by atoms with Gasteiger partial charge in [-0.3, -0.25) is 0 Å². The van der Waals surface area contributed by atoms with E-state index in [4.69, 9.17) is 0 Å². The Balaban J connectivity index is 1.53. The maximum absolute atomic E-state index is 9.20. The van der Waals surface area contributed by atoms with E-state index in [0.29, 0.717) is 5.41 Å². The molecule has 0 aromatic heterocycles. The van der Waals surface area contributed by atoms with Gasteiger partial charge >= 0.3 is 0 Å². The van der Waals surface area contributed by atoms with Crippen molar-refractivity contribution in [3.05, 3.63) is 35.9 Å². The molecule has 2 aliphatic rings. The highest BCUT2D eigenvalue weighted by atomic mass is 15.1. The van der Waals surface area contributed by atoms with Crippen molar-refractivity contribution in [3.8, 4) is 6.07 Å². The summed E-state index contributed by atoms with van der Waals surface area (Å²) >= 11 is 0. The Morgan fingerprint density at radius 2 is 1.95 bits per heavy atom. The van der Waals surface area contributed by atoms with Gasteiger partial charge in [0.05, 0.1) is 6.07 Å². The number of nitriles is 1. The van der Waals surface area contributed by atoms with Gasteiger partial charge in [0.1, 0.15) is 0 Å². The Morgan fingerprint density at radius 1 is 1.24 bits per heavy atom. The molecule has 2 nitrogen and oxygen atoms in total. The second kappa shape index (κ2) is 6.20. The SMILES string of the molecule is CN1CCC(CC#N)(CCC2CC2c2ccccc2)CC1. The number of hydrogen-bond donors (Lipinski definition) is 0. The largest absolute Gasteiger partial charge is 0.306 e. The molecule has 1 aromatic carbocycles. The van der Waals surface area contributed by atoms with E-state index < -0.39 is 0 Å². The Morgan fingerprint density at radius 3 is 2.62 bits per heavy atom. The Bertz CT molecular complexity index is 494. The summed E-state index contributed by atoms with van der Waals surface area (Å²) in [5.74, 6) is 1.65. The van der Waals surface area contributed by atoms with Gasteiger partial charge in [-0.1, -0.05) is 30.3 Å². The molecule has 1 aliphatic carbocycles. The molecule has 2 unspecified atom stereocenters. The third-order valence-corrected chi connectivity index (χ3v) is 5.70. The molecule has 21 heavy (non-hydrogen) atoms. The molecule has 2 heteroatoms. The molecule has 0 spiro atoms. The monoisotopic (exact) mass is 282 g/mol. The van der Waals surface area contributed by atoms with Crippen molar-refractivity contribution in [1.82, 2.24) is 4.90 Å². The minimum atomic E-state index is 0.311. The minimum absolute atomic E-state index is 0.311. The lowest BCUT2D eigenvalue weighted by Crippen LogP contribution is -2.37. The first-order chi connectivity index (χ1) is 10.2. The predicted molar refractivity (Wildman–Crippen MR) is 85.9 cm³/mol. The summed E-state index contributed by atoms with van der Waals surface area (Å²) in [5.41, 5.74) is 1.82. The number of rotatable bonds is 5. The Kier molecular flexibility index (Phi) is 4.31. The summed E-state index contributed by atoms with van der Waals surface area (Å²) in [7, 11) is 2.20. The summed E-state index contributed by atoms with van der Waals surface area (Å²) in [5, 5.41) is 9.20. The molecule has 112 valence electrons. The summed E-state index contributed by atoms with van der Waals surface area (Å²) in [6.07, 6.45) is 7.09. The van der Waals surface area contributed by atoms with Crippen LogP contribution in [0, 0.1) is 22.7 Å². The quantitative estimate of drug-likeness (QED) is 0.809. The second-order valence-electron chi connectivity index (χ2n) is 7.19. The van der Waals surface area contributed by atoms with Crippen LogP contribution < -0.4 is 0 Å². The van der Waals surface area contributed by atoms with Crippen molar-refractivity contribution in [2.75, 3.05) is 20.1 Å². The van der Waals surface area contributed by atoms with Crippen LogP contribution in [-0.2, 0) is 0 Å². The molecule has 1 saturated carbocycles. The number of hydrogen-bond acceptors (Lipinski definition) is 2. The van der Waals surface area contributed by atoms with Gasteiger partial charge in [0, 0.05) is 6.42 Å². The van der Waals surface area contributed by atoms with Crippen LogP contribution in [0.15, 0.2) is 30.3 Å². The molecule has 0 N–H and O–H groups in total. The molecule has 0 amide bonds. The molecule has 1 heterocycles. The van der Waals surface area contributed by atoms with Crippen molar-refractivity contribution in [1.29, 1.82) is 5.26 Å². The fourth-order valence-corrected chi connectivity index (χ4v) is 3.94. The van der Waals surface area contributed by atoms with Gasteiger partial charge in [0.15, 0.2) is 0 Å². The third kappa shape index (κ3) is 3.47. The summed E-state index contributed by atoms with van der Waals surface area (Å²) < 4.78 is 0.